The first-order valence-electron chi connectivity index (χ1n) is 7.65. The molecule has 125 valence electrons. The van der Waals surface area contributed by atoms with Gasteiger partial charge in [-0.25, -0.2) is 0 Å². The molecule has 6 heteroatoms. The van der Waals surface area contributed by atoms with E-state index in [0.29, 0.717) is 21.9 Å². The Morgan fingerprint density at radius 2 is 1.84 bits per heavy atom. The number of benzene rings is 2. The van der Waals surface area contributed by atoms with Crippen LogP contribution >= 0.6 is 11.8 Å². The molecule has 25 heavy (non-hydrogen) atoms. The minimum atomic E-state index is -0.331. The van der Waals surface area contributed by atoms with E-state index in [0.717, 1.165) is 28.5 Å². The van der Waals surface area contributed by atoms with Gasteiger partial charge in [0.05, 0.1) is 0 Å². The molecule has 1 aliphatic heterocycles. The predicted octanol–water partition coefficient (Wildman–Crippen LogP) is 4.17. The quantitative estimate of drug-likeness (QED) is 0.843. The first-order valence-corrected chi connectivity index (χ1v) is 8.46. The van der Waals surface area contributed by atoms with E-state index in [4.69, 9.17) is 12.2 Å². The van der Waals surface area contributed by atoms with Crippen LogP contribution in [0, 0.1) is 19.7 Å². The van der Waals surface area contributed by atoms with Crippen LogP contribution in [-0.4, -0.2) is 30.3 Å². The monoisotopic (exact) mass is 352 g/mol. The molecule has 0 amide bonds. The minimum absolute atomic E-state index is 0.0390. The van der Waals surface area contributed by atoms with Gasteiger partial charge < -0.3 is 0 Å². The molecule has 3 nitrogen and oxygen atoms in total. The van der Waals surface area contributed by atoms with Crippen molar-refractivity contribution in [3.63, 3.8) is 0 Å². The van der Waals surface area contributed by atoms with Crippen LogP contribution in [0.3, 0.4) is 0 Å². The number of thioether (sulfide) groups is 1. The number of hydrogen-bond donors (Lipinski definition) is 1. The number of nitrogens with zero attached hydrogens (tertiary/aromatic N) is 1. The number of hydrogen-bond acceptors (Lipinski definition) is 4. The average molecular weight is 352 g/mol. The van der Waals surface area contributed by atoms with Crippen molar-refractivity contribution in [3.05, 3.63) is 69.6 Å². The number of ether oxygens (including phenoxy) is 1. The van der Waals surface area contributed by atoms with E-state index >= 15 is 0 Å². The molecule has 0 saturated carbocycles. The summed E-state index contributed by atoms with van der Waals surface area (Å²) >= 11 is 1.09. The van der Waals surface area contributed by atoms with E-state index in [2.05, 4.69) is 4.99 Å². The third kappa shape index (κ3) is 3.40. The predicted molar refractivity (Wildman–Crippen MR) is 103 cm³/mol. The SMILES string of the molecule is [B]=C1N=C(c2ccc(F)cc2)SC(O)=C1c1c(C)cc(C)cc1OC. The standard InChI is InChI=1S/C19H16BFNO2S/c1-10-8-11(2)15(14(9-10)24-3)16-17(20)22-18(25-19(16)23)12-4-6-13(21)7-5-12/h4-9,23H,1-3H3. The number of aryl methyl sites for hydroxylation is 2. The van der Waals surface area contributed by atoms with Crippen molar-refractivity contribution in [1.29, 1.82) is 0 Å². The maximum atomic E-state index is 13.1. The first kappa shape index (κ1) is 17.5. The number of halogens is 1. The van der Waals surface area contributed by atoms with Gasteiger partial charge in [0.25, 0.3) is 0 Å². The van der Waals surface area contributed by atoms with E-state index in [1.807, 2.05) is 26.0 Å². The van der Waals surface area contributed by atoms with Crippen LogP contribution in [0.4, 0.5) is 4.39 Å². The van der Waals surface area contributed by atoms with Crippen LogP contribution in [0.15, 0.2) is 46.5 Å². The number of methoxy groups -OCH3 is 1. The number of rotatable bonds is 3. The zero-order chi connectivity index (χ0) is 18.1. The third-order valence-corrected chi connectivity index (χ3v) is 4.81. The molecule has 0 bridgehead atoms. The van der Waals surface area contributed by atoms with Crippen molar-refractivity contribution < 1.29 is 14.2 Å². The van der Waals surface area contributed by atoms with Crippen LogP contribution in [0.1, 0.15) is 22.3 Å². The summed E-state index contributed by atoms with van der Waals surface area (Å²) in [6.07, 6.45) is 0. The topological polar surface area (TPSA) is 41.8 Å². The van der Waals surface area contributed by atoms with Gasteiger partial charge in [-0.1, -0.05) is 0 Å². The average Bonchev–Trinajstić information content (AvgIpc) is 2.56. The summed E-state index contributed by atoms with van der Waals surface area (Å²) in [7, 11) is 7.74. The molecule has 2 aromatic carbocycles. The molecule has 0 spiro atoms. The Kier molecular flexibility index (Phi) is 4.81. The molecule has 0 aromatic heterocycles. The van der Waals surface area contributed by atoms with E-state index in [1.54, 1.807) is 19.2 Å². The molecule has 1 aliphatic rings. The summed E-state index contributed by atoms with van der Waals surface area (Å²) in [6, 6.07) is 9.78. The molecule has 0 fully saturated rings. The Balaban J connectivity index is 2.05. The Morgan fingerprint density at radius 3 is 2.44 bits per heavy atom. The van der Waals surface area contributed by atoms with E-state index in [1.165, 1.54) is 12.1 Å². The molecule has 0 unspecified atom stereocenters. The van der Waals surface area contributed by atoms with Crippen molar-refractivity contribution in [2.24, 2.45) is 4.99 Å². The van der Waals surface area contributed by atoms with Gasteiger partial charge >= 0.3 is 151 Å². The molecule has 0 atom stereocenters. The fourth-order valence-corrected chi connectivity index (χ4v) is 3.69. The molecule has 0 aliphatic carbocycles. The zero-order valence-electron chi connectivity index (χ0n) is 14.1. The summed E-state index contributed by atoms with van der Waals surface area (Å²) < 4.78 is 18.6. The fraction of sp³-hybridized carbons (Fsp3) is 0.158. The van der Waals surface area contributed by atoms with Gasteiger partial charge in [0, 0.05) is 0 Å². The molecular weight excluding hydrogens is 336 g/mol. The summed E-state index contributed by atoms with van der Waals surface area (Å²) in [5.41, 5.74) is 4.04. The van der Waals surface area contributed by atoms with Gasteiger partial charge in [-0.05, 0) is 0 Å². The van der Waals surface area contributed by atoms with Crippen LogP contribution in [0.5, 0.6) is 5.75 Å². The van der Waals surface area contributed by atoms with Gasteiger partial charge in [0.2, 0.25) is 0 Å². The first-order chi connectivity index (χ1) is 11.9. The summed E-state index contributed by atoms with van der Waals surface area (Å²) in [4.78, 5) is 4.41. The fourth-order valence-electron chi connectivity index (χ4n) is 2.80. The van der Waals surface area contributed by atoms with Crippen molar-refractivity contribution in [2.75, 3.05) is 7.11 Å². The molecule has 0 saturated heterocycles. The van der Waals surface area contributed by atoms with E-state index in [-0.39, 0.29) is 16.5 Å². The van der Waals surface area contributed by atoms with Crippen molar-refractivity contribution in [1.82, 2.24) is 0 Å². The van der Waals surface area contributed by atoms with Crippen LogP contribution < -0.4 is 4.74 Å². The molecule has 3 rings (SSSR count). The number of aliphatic imine (C=N–C) groups is 1. The molecule has 2 aromatic rings. The number of aliphatic hydroxyl groups is 1. The maximum absolute atomic E-state index is 13.1. The van der Waals surface area contributed by atoms with Gasteiger partial charge in [-0.2, -0.15) is 0 Å². The van der Waals surface area contributed by atoms with Gasteiger partial charge in [-0.3, -0.25) is 0 Å². The van der Waals surface area contributed by atoms with Gasteiger partial charge in [0.15, 0.2) is 0 Å². The Labute approximate surface area is 151 Å². The van der Waals surface area contributed by atoms with Gasteiger partial charge in [0.1, 0.15) is 0 Å². The summed E-state index contributed by atoms with van der Waals surface area (Å²) in [5.74, 6) is 0.297. The second-order valence-corrected chi connectivity index (χ2v) is 6.73. The Hall–Kier alpha value is -2.34. The van der Waals surface area contributed by atoms with Crippen LogP contribution in [0.2, 0.25) is 0 Å². The van der Waals surface area contributed by atoms with Gasteiger partial charge in [-0.15, -0.1) is 0 Å². The normalized spacial score (nSPS) is 14.5. The Bertz CT molecular complexity index is 920. The Morgan fingerprint density at radius 1 is 1.16 bits per heavy atom. The molecule has 1 N–H and O–H groups in total. The second kappa shape index (κ2) is 6.88. The van der Waals surface area contributed by atoms with Crippen molar-refractivity contribution in [2.45, 2.75) is 13.8 Å². The van der Waals surface area contributed by atoms with E-state index in [9.17, 15) is 9.50 Å². The number of aliphatic hydroxyl groups excluding tert-OH is 1. The molecular formula is C19H16BFNO2S. The third-order valence-electron chi connectivity index (χ3n) is 3.89. The summed E-state index contributed by atoms with van der Waals surface area (Å²) in [5, 5.41) is 11.2. The van der Waals surface area contributed by atoms with Crippen LogP contribution in [-0.2, 0) is 0 Å². The molecule has 1 heterocycles. The molecule has 1 radical (unpaired) electrons. The van der Waals surface area contributed by atoms with E-state index < -0.39 is 0 Å². The zero-order valence-corrected chi connectivity index (χ0v) is 14.9. The van der Waals surface area contributed by atoms with Crippen LogP contribution in [0.25, 0.3) is 5.57 Å². The summed E-state index contributed by atoms with van der Waals surface area (Å²) in [6.45, 7) is 3.91. The van der Waals surface area contributed by atoms with Crippen molar-refractivity contribution >= 4 is 35.5 Å². The van der Waals surface area contributed by atoms with Crippen molar-refractivity contribution in [3.8, 4) is 5.75 Å². The second-order valence-electron chi connectivity index (χ2n) is 5.75.